The number of amides is 1. The van der Waals surface area contributed by atoms with E-state index < -0.39 is 0 Å². The van der Waals surface area contributed by atoms with Crippen LogP contribution in [-0.4, -0.2) is 45.3 Å². The molecule has 4 heterocycles. The summed E-state index contributed by atoms with van der Waals surface area (Å²) in [4.78, 5) is 23.7. The largest absolute Gasteiger partial charge is 0.373 e. The normalized spacial score (nSPS) is 17.5. The number of anilines is 1. The van der Waals surface area contributed by atoms with Crippen LogP contribution in [0, 0.1) is 6.92 Å². The van der Waals surface area contributed by atoms with Gasteiger partial charge in [-0.05, 0) is 49.6 Å². The number of piperidine rings is 1. The first kappa shape index (κ1) is 16.6. The second-order valence-corrected chi connectivity index (χ2v) is 6.84. The molecule has 1 amide bonds. The third kappa shape index (κ3) is 3.03. The minimum atomic E-state index is 0.0145. The second-order valence-electron chi connectivity index (χ2n) is 6.84. The highest BCUT2D eigenvalue weighted by Crippen LogP contribution is 2.28. The maximum Gasteiger partial charge on any atom is 0.274 e. The van der Waals surface area contributed by atoms with Gasteiger partial charge >= 0.3 is 0 Å². The number of rotatable bonds is 3. The SMILES string of the molecule is CNc1cc([C@H]2CCCN(C(=O)c3cn4c(C)cccc4n3)C2)ccn1. The molecular formula is C20H23N5O. The number of imidazole rings is 1. The van der Waals surface area contributed by atoms with Gasteiger partial charge in [0.1, 0.15) is 17.2 Å². The van der Waals surface area contributed by atoms with E-state index in [2.05, 4.69) is 21.4 Å². The summed E-state index contributed by atoms with van der Waals surface area (Å²) in [6.45, 7) is 3.52. The van der Waals surface area contributed by atoms with Gasteiger partial charge in [-0.1, -0.05) is 6.07 Å². The van der Waals surface area contributed by atoms with E-state index in [0.29, 0.717) is 11.6 Å². The molecule has 1 fully saturated rings. The van der Waals surface area contributed by atoms with Crippen molar-refractivity contribution in [1.82, 2.24) is 19.3 Å². The molecule has 1 N–H and O–H groups in total. The van der Waals surface area contributed by atoms with Crippen molar-refractivity contribution in [3.63, 3.8) is 0 Å². The number of pyridine rings is 2. The highest BCUT2D eigenvalue weighted by molar-refractivity contribution is 5.93. The molecule has 6 heteroatoms. The summed E-state index contributed by atoms with van der Waals surface area (Å²) in [5.74, 6) is 1.21. The molecule has 0 saturated carbocycles. The molecule has 1 aliphatic heterocycles. The lowest BCUT2D eigenvalue weighted by atomic mass is 9.91. The van der Waals surface area contributed by atoms with Gasteiger partial charge in [-0.15, -0.1) is 0 Å². The Morgan fingerprint density at radius 2 is 2.19 bits per heavy atom. The van der Waals surface area contributed by atoms with E-state index in [1.165, 1.54) is 5.56 Å². The minimum absolute atomic E-state index is 0.0145. The fraction of sp³-hybridized carbons (Fsp3) is 0.350. The fourth-order valence-electron chi connectivity index (χ4n) is 3.68. The van der Waals surface area contributed by atoms with E-state index in [1.807, 2.05) is 59.9 Å². The van der Waals surface area contributed by atoms with Crippen molar-refractivity contribution in [2.45, 2.75) is 25.7 Å². The zero-order chi connectivity index (χ0) is 18.1. The lowest BCUT2D eigenvalue weighted by Gasteiger charge is -2.32. The Balaban J connectivity index is 1.56. The van der Waals surface area contributed by atoms with Crippen LogP contribution in [0.4, 0.5) is 5.82 Å². The lowest BCUT2D eigenvalue weighted by Crippen LogP contribution is -2.39. The van der Waals surface area contributed by atoms with Crippen LogP contribution in [0.2, 0.25) is 0 Å². The quantitative estimate of drug-likeness (QED) is 0.789. The van der Waals surface area contributed by atoms with Gasteiger partial charge < -0.3 is 14.6 Å². The Morgan fingerprint density at radius 1 is 1.31 bits per heavy atom. The van der Waals surface area contributed by atoms with Crippen LogP contribution >= 0.6 is 0 Å². The third-order valence-corrected chi connectivity index (χ3v) is 5.14. The molecule has 0 radical (unpaired) electrons. The van der Waals surface area contributed by atoms with Crippen LogP contribution in [-0.2, 0) is 0 Å². The smallest absolute Gasteiger partial charge is 0.274 e. The lowest BCUT2D eigenvalue weighted by molar-refractivity contribution is 0.0702. The number of hydrogen-bond donors (Lipinski definition) is 1. The summed E-state index contributed by atoms with van der Waals surface area (Å²) in [6, 6.07) is 10.0. The Kier molecular flexibility index (Phi) is 4.32. The predicted molar refractivity (Wildman–Crippen MR) is 102 cm³/mol. The van der Waals surface area contributed by atoms with Gasteiger partial charge in [0.05, 0.1) is 0 Å². The molecule has 1 aliphatic rings. The van der Waals surface area contributed by atoms with Gasteiger partial charge in [0.2, 0.25) is 0 Å². The Hall–Kier alpha value is -2.89. The van der Waals surface area contributed by atoms with Crippen LogP contribution in [0.3, 0.4) is 0 Å². The van der Waals surface area contributed by atoms with Gasteiger partial charge in [0.25, 0.3) is 5.91 Å². The molecule has 0 bridgehead atoms. The summed E-state index contributed by atoms with van der Waals surface area (Å²) in [5.41, 5.74) is 3.63. The molecule has 1 saturated heterocycles. The number of aromatic nitrogens is 3. The number of aryl methyl sites for hydroxylation is 1. The average molecular weight is 349 g/mol. The summed E-state index contributed by atoms with van der Waals surface area (Å²) < 4.78 is 1.97. The minimum Gasteiger partial charge on any atom is -0.373 e. The molecule has 6 nitrogen and oxygen atoms in total. The maximum absolute atomic E-state index is 13.0. The van der Waals surface area contributed by atoms with Gasteiger partial charge in [-0.3, -0.25) is 4.79 Å². The molecule has 134 valence electrons. The number of nitrogens with zero attached hydrogens (tertiary/aromatic N) is 4. The molecule has 1 atom stereocenters. The first-order chi connectivity index (χ1) is 12.7. The second kappa shape index (κ2) is 6.78. The number of nitrogens with one attached hydrogen (secondary N) is 1. The van der Waals surface area contributed by atoms with E-state index in [1.54, 1.807) is 0 Å². The first-order valence-corrected chi connectivity index (χ1v) is 9.03. The number of carbonyl (C=O) groups excluding carboxylic acids is 1. The summed E-state index contributed by atoms with van der Waals surface area (Å²) >= 11 is 0. The van der Waals surface area contributed by atoms with Gasteiger partial charge in [-0.2, -0.15) is 0 Å². The predicted octanol–water partition coefficient (Wildman–Crippen LogP) is 3.10. The zero-order valence-corrected chi connectivity index (χ0v) is 15.1. The molecule has 3 aromatic heterocycles. The zero-order valence-electron chi connectivity index (χ0n) is 15.1. The monoisotopic (exact) mass is 349 g/mol. The molecule has 3 aromatic rings. The first-order valence-electron chi connectivity index (χ1n) is 9.03. The summed E-state index contributed by atoms with van der Waals surface area (Å²) in [6.07, 6.45) is 5.76. The van der Waals surface area contributed by atoms with E-state index in [-0.39, 0.29) is 5.91 Å². The fourth-order valence-corrected chi connectivity index (χ4v) is 3.68. The van der Waals surface area contributed by atoms with Crippen LogP contribution < -0.4 is 5.32 Å². The number of likely N-dealkylation sites (tertiary alicyclic amines) is 1. The van der Waals surface area contributed by atoms with Gasteiger partial charge in [0.15, 0.2) is 0 Å². The van der Waals surface area contributed by atoms with Crippen molar-refractivity contribution in [2.75, 3.05) is 25.5 Å². The van der Waals surface area contributed by atoms with Gasteiger partial charge in [0, 0.05) is 44.1 Å². The summed E-state index contributed by atoms with van der Waals surface area (Å²) in [7, 11) is 1.87. The number of carbonyl (C=O) groups is 1. The van der Waals surface area contributed by atoms with Crippen molar-refractivity contribution in [1.29, 1.82) is 0 Å². The van der Waals surface area contributed by atoms with Crippen molar-refractivity contribution < 1.29 is 4.79 Å². The van der Waals surface area contributed by atoms with Crippen LogP contribution in [0.5, 0.6) is 0 Å². The van der Waals surface area contributed by atoms with E-state index in [9.17, 15) is 4.79 Å². The van der Waals surface area contributed by atoms with Crippen LogP contribution in [0.1, 0.15) is 40.5 Å². The van der Waals surface area contributed by atoms with Crippen molar-refractivity contribution in [2.24, 2.45) is 0 Å². The highest BCUT2D eigenvalue weighted by atomic mass is 16.2. The third-order valence-electron chi connectivity index (χ3n) is 5.14. The van der Waals surface area contributed by atoms with Crippen molar-refractivity contribution >= 4 is 17.4 Å². The molecule has 4 rings (SSSR count). The average Bonchev–Trinajstić information content (AvgIpc) is 3.13. The highest BCUT2D eigenvalue weighted by Gasteiger charge is 2.27. The molecule has 0 spiro atoms. The van der Waals surface area contributed by atoms with Crippen molar-refractivity contribution in [3.8, 4) is 0 Å². The molecule has 0 unspecified atom stereocenters. The van der Waals surface area contributed by atoms with Crippen molar-refractivity contribution in [3.05, 3.63) is 59.7 Å². The molecule has 0 aliphatic carbocycles. The standard InChI is InChI=1S/C20H23N5O/c1-14-5-3-7-19-23-17(13-25(14)19)20(26)24-10-4-6-16(12-24)15-8-9-22-18(11-15)21-2/h3,5,7-9,11,13,16H,4,6,10,12H2,1-2H3,(H,21,22)/t16-/m0/s1. The van der Waals surface area contributed by atoms with E-state index >= 15 is 0 Å². The molecule has 26 heavy (non-hydrogen) atoms. The summed E-state index contributed by atoms with van der Waals surface area (Å²) in [5, 5.41) is 3.08. The van der Waals surface area contributed by atoms with E-state index in [0.717, 1.165) is 43.1 Å². The van der Waals surface area contributed by atoms with E-state index in [4.69, 9.17) is 0 Å². The molecule has 0 aromatic carbocycles. The topological polar surface area (TPSA) is 62.5 Å². The maximum atomic E-state index is 13.0. The van der Waals surface area contributed by atoms with Gasteiger partial charge in [-0.25, -0.2) is 9.97 Å². The number of fused-ring (bicyclic) bond motifs is 1. The Labute approximate surface area is 152 Å². The number of hydrogen-bond acceptors (Lipinski definition) is 4. The Bertz CT molecular complexity index is 948. The molecular weight excluding hydrogens is 326 g/mol. The Morgan fingerprint density at radius 3 is 3.00 bits per heavy atom. The van der Waals surface area contributed by atoms with Crippen LogP contribution in [0.25, 0.3) is 5.65 Å². The van der Waals surface area contributed by atoms with Crippen LogP contribution in [0.15, 0.2) is 42.7 Å².